The highest BCUT2D eigenvalue weighted by Gasteiger charge is 2.14. The van der Waals surface area contributed by atoms with E-state index in [9.17, 15) is 4.79 Å². The molecule has 0 spiro atoms. The minimum absolute atomic E-state index is 0.199. The van der Waals surface area contributed by atoms with Gasteiger partial charge in [0.2, 0.25) is 0 Å². The Morgan fingerprint density at radius 2 is 1.92 bits per heavy atom. The SMILES string of the molecule is COc1cccc(COC(=O)c2cc(C)nc3ccc(C)cc23)c1. The van der Waals surface area contributed by atoms with Crippen LogP contribution in [0.4, 0.5) is 0 Å². The molecule has 0 unspecified atom stereocenters. The number of aryl methyl sites for hydroxylation is 2. The lowest BCUT2D eigenvalue weighted by Crippen LogP contribution is -2.07. The predicted molar refractivity (Wildman–Crippen MR) is 93.3 cm³/mol. The Labute approximate surface area is 141 Å². The first-order valence-corrected chi connectivity index (χ1v) is 7.75. The average molecular weight is 321 g/mol. The molecule has 3 aromatic rings. The summed E-state index contributed by atoms with van der Waals surface area (Å²) in [4.78, 5) is 17.0. The molecule has 3 rings (SSSR count). The second kappa shape index (κ2) is 6.71. The normalized spacial score (nSPS) is 10.6. The molecule has 0 N–H and O–H groups in total. The van der Waals surface area contributed by atoms with E-state index in [-0.39, 0.29) is 12.6 Å². The standard InChI is InChI=1S/C20H19NO3/c1-13-7-8-19-17(9-13)18(10-14(2)21-19)20(22)24-12-15-5-4-6-16(11-15)23-3/h4-11H,12H2,1-3H3. The number of carbonyl (C=O) groups excluding carboxylic acids is 1. The van der Waals surface area contributed by atoms with Crippen molar-refractivity contribution in [3.63, 3.8) is 0 Å². The molecule has 0 saturated carbocycles. The monoisotopic (exact) mass is 321 g/mol. The van der Waals surface area contributed by atoms with Crippen molar-refractivity contribution in [3.8, 4) is 5.75 Å². The molecule has 0 aliphatic carbocycles. The summed E-state index contributed by atoms with van der Waals surface area (Å²) in [5, 5.41) is 0.816. The van der Waals surface area contributed by atoms with Gasteiger partial charge in [0, 0.05) is 11.1 Å². The van der Waals surface area contributed by atoms with Crippen molar-refractivity contribution in [1.29, 1.82) is 0 Å². The van der Waals surface area contributed by atoms with Crippen LogP contribution < -0.4 is 4.74 Å². The summed E-state index contributed by atoms with van der Waals surface area (Å²) in [7, 11) is 1.61. The highest BCUT2D eigenvalue weighted by molar-refractivity contribution is 6.03. The topological polar surface area (TPSA) is 48.4 Å². The van der Waals surface area contributed by atoms with Crippen LogP contribution in [-0.2, 0) is 11.3 Å². The van der Waals surface area contributed by atoms with Gasteiger partial charge in [-0.05, 0) is 49.7 Å². The maximum Gasteiger partial charge on any atom is 0.339 e. The maximum atomic E-state index is 12.6. The van der Waals surface area contributed by atoms with Gasteiger partial charge in [0.25, 0.3) is 0 Å². The number of aromatic nitrogens is 1. The molecule has 122 valence electrons. The molecule has 0 bridgehead atoms. The summed E-state index contributed by atoms with van der Waals surface area (Å²) >= 11 is 0. The summed E-state index contributed by atoms with van der Waals surface area (Å²) in [5.41, 5.74) is 4.10. The molecule has 0 aliphatic heterocycles. The van der Waals surface area contributed by atoms with E-state index in [4.69, 9.17) is 9.47 Å². The first-order valence-electron chi connectivity index (χ1n) is 7.75. The quantitative estimate of drug-likeness (QED) is 0.675. The zero-order chi connectivity index (χ0) is 17.1. The third-order valence-corrected chi connectivity index (χ3v) is 3.82. The fourth-order valence-electron chi connectivity index (χ4n) is 2.63. The average Bonchev–Trinajstić information content (AvgIpc) is 2.59. The lowest BCUT2D eigenvalue weighted by molar-refractivity contribution is 0.0474. The van der Waals surface area contributed by atoms with Crippen LogP contribution in [-0.4, -0.2) is 18.1 Å². The molecule has 24 heavy (non-hydrogen) atoms. The van der Waals surface area contributed by atoms with Crippen molar-refractivity contribution in [2.45, 2.75) is 20.5 Å². The third-order valence-electron chi connectivity index (χ3n) is 3.82. The summed E-state index contributed by atoms with van der Waals surface area (Å²) in [6, 6.07) is 15.1. The number of fused-ring (bicyclic) bond motifs is 1. The molecule has 2 aromatic carbocycles. The van der Waals surface area contributed by atoms with Gasteiger partial charge < -0.3 is 9.47 Å². The van der Waals surface area contributed by atoms with Crippen LogP contribution in [0.5, 0.6) is 5.75 Å². The van der Waals surface area contributed by atoms with Gasteiger partial charge in [-0.3, -0.25) is 4.98 Å². The van der Waals surface area contributed by atoms with E-state index in [1.54, 1.807) is 13.2 Å². The van der Waals surface area contributed by atoms with Crippen LogP contribution in [0.3, 0.4) is 0 Å². The second-order valence-corrected chi connectivity index (χ2v) is 5.76. The Bertz CT molecular complexity index is 903. The molecule has 4 heteroatoms. The van der Waals surface area contributed by atoms with E-state index >= 15 is 0 Å². The van der Waals surface area contributed by atoms with Gasteiger partial charge in [-0.15, -0.1) is 0 Å². The van der Waals surface area contributed by atoms with E-state index in [1.807, 2.05) is 56.3 Å². The number of hydrogen-bond donors (Lipinski definition) is 0. The molecule has 0 saturated heterocycles. The Morgan fingerprint density at radius 1 is 1.08 bits per heavy atom. The van der Waals surface area contributed by atoms with Crippen molar-refractivity contribution < 1.29 is 14.3 Å². The lowest BCUT2D eigenvalue weighted by Gasteiger charge is -2.10. The Hall–Kier alpha value is -2.88. The second-order valence-electron chi connectivity index (χ2n) is 5.76. The zero-order valence-electron chi connectivity index (χ0n) is 14.0. The van der Waals surface area contributed by atoms with E-state index in [0.717, 1.165) is 33.5 Å². The lowest BCUT2D eigenvalue weighted by atomic mass is 10.1. The number of benzene rings is 2. The fourth-order valence-corrected chi connectivity index (χ4v) is 2.63. The first-order chi connectivity index (χ1) is 11.6. The van der Waals surface area contributed by atoms with Crippen LogP contribution in [0.25, 0.3) is 10.9 Å². The molecule has 4 nitrogen and oxygen atoms in total. The maximum absolute atomic E-state index is 12.6. The number of esters is 1. The summed E-state index contributed by atoms with van der Waals surface area (Å²) in [6.07, 6.45) is 0. The smallest absolute Gasteiger partial charge is 0.339 e. The van der Waals surface area contributed by atoms with Crippen molar-refractivity contribution in [3.05, 3.63) is 70.9 Å². The molecule has 0 aliphatic rings. The minimum atomic E-state index is -0.348. The van der Waals surface area contributed by atoms with Crippen LogP contribution in [0.2, 0.25) is 0 Å². The largest absolute Gasteiger partial charge is 0.497 e. The fraction of sp³-hybridized carbons (Fsp3) is 0.200. The van der Waals surface area contributed by atoms with Gasteiger partial charge in [0.1, 0.15) is 12.4 Å². The first kappa shape index (κ1) is 16.0. The molecule has 1 aromatic heterocycles. The molecular weight excluding hydrogens is 302 g/mol. The van der Waals surface area contributed by atoms with Gasteiger partial charge in [-0.25, -0.2) is 4.79 Å². The molecule has 0 radical (unpaired) electrons. The molecule has 0 amide bonds. The highest BCUT2D eigenvalue weighted by atomic mass is 16.5. The predicted octanol–water partition coefficient (Wildman–Crippen LogP) is 4.22. The van der Waals surface area contributed by atoms with Crippen molar-refractivity contribution in [1.82, 2.24) is 4.98 Å². The highest BCUT2D eigenvalue weighted by Crippen LogP contribution is 2.21. The van der Waals surface area contributed by atoms with Crippen LogP contribution >= 0.6 is 0 Å². The van der Waals surface area contributed by atoms with Crippen molar-refractivity contribution in [2.24, 2.45) is 0 Å². The number of ether oxygens (including phenoxy) is 2. The summed E-state index contributed by atoms with van der Waals surface area (Å²) in [5.74, 6) is 0.392. The third kappa shape index (κ3) is 3.38. The number of pyridine rings is 1. The van der Waals surface area contributed by atoms with Crippen molar-refractivity contribution in [2.75, 3.05) is 7.11 Å². The van der Waals surface area contributed by atoms with Gasteiger partial charge >= 0.3 is 5.97 Å². The number of methoxy groups -OCH3 is 1. The molecular formula is C20H19NO3. The number of hydrogen-bond acceptors (Lipinski definition) is 4. The zero-order valence-corrected chi connectivity index (χ0v) is 14.0. The van der Waals surface area contributed by atoms with Crippen LogP contribution in [0.1, 0.15) is 27.2 Å². The van der Waals surface area contributed by atoms with E-state index in [2.05, 4.69) is 4.98 Å². The van der Waals surface area contributed by atoms with E-state index in [0.29, 0.717) is 5.56 Å². The Morgan fingerprint density at radius 3 is 2.71 bits per heavy atom. The summed E-state index contributed by atoms with van der Waals surface area (Å²) in [6.45, 7) is 4.06. The van der Waals surface area contributed by atoms with E-state index in [1.165, 1.54) is 0 Å². The van der Waals surface area contributed by atoms with E-state index < -0.39 is 0 Å². The van der Waals surface area contributed by atoms with Crippen LogP contribution in [0.15, 0.2) is 48.5 Å². The summed E-state index contributed by atoms with van der Waals surface area (Å²) < 4.78 is 10.7. The Balaban J connectivity index is 1.87. The molecule has 1 heterocycles. The minimum Gasteiger partial charge on any atom is -0.497 e. The van der Waals surface area contributed by atoms with Gasteiger partial charge in [-0.2, -0.15) is 0 Å². The van der Waals surface area contributed by atoms with Gasteiger partial charge in [0.15, 0.2) is 0 Å². The Kier molecular flexibility index (Phi) is 4.47. The number of carbonyl (C=O) groups is 1. The van der Waals surface area contributed by atoms with Crippen LogP contribution in [0, 0.1) is 13.8 Å². The number of nitrogens with zero attached hydrogens (tertiary/aromatic N) is 1. The number of rotatable bonds is 4. The van der Waals surface area contributed by atoms with Gasteiger partial charge in [-0.1, -0.05) is 23.8 Å². The molecule has 0 atom stereocenters. The van der Waals surface area contributed by atoms with Crippen molar-refractivity contribution >= 4 is 16.9 Å². The van der Waals surface area contributed by atoms with Gasteiger partial charge in [0.05, 0.1) is 18.2 Å². The molecule has 0 fully saturated rings.